The van der Waals surface area contributed by atoms with Crippen LogP contribution in [0.1, 0.15) is 27.0 Å². The fraction of sp³-hybridized carbons (Fsp3) is 0.269. The normalized spacial score (nSPS) is 14.2. The number of nitrogens with zero attached hydrogens (tertiary/aromatic N) is 1. The lowest BCUT2D eigenvalue weighted by Gasteiger charge is -2.27. The van der Waals surface area contributed by atoms with Crippen molar-refractivity contribution in [1.82, 2.24) is 10.2 Å². The standard InChI is InChI=1S/C26H28N2O3/c29-26(25-13-7-6-10-23(25)20-31-24-11-2-1-3-12-24)27-18-21-8-4-5-9-22(21)19-28-14-16-30-17-15-28/h1-13H,14-20H2,(H,27,29). The van der Waals surface area contributed by atoms with Gasteiger partial charge in [0, 0.05) is 37.3 Å². The summed E-state index contributed by atoms with van der Waals surface area (Å²) in [5, 5.41) is 3.09. The van der Waals surface area contributed by atoms with Gasteiger partial charge in [-0.3, -0.25) is 9.69 Å². The Labute approximate surface area is 183 Å². The van der Waals surface area contributed by atoms with Gasteiger partial charge in [-0.05, 0) is 29.3 Å². The summed E-state index contributed by atoms with van der Waals surface area (Å²) in [6.07, 6.45) is 0. The molecule has 0 unspecified atom stereocenters. The summed E-state index contributed by atoms with van der Waals surface area (Å²) < 4.78 is 11.3. The third-order valence-corrected chi connectivity index (χ3v) is 5.45. The van der Waals surface area contributed by atoms with Crippen LogP contribution in [0, 0.1) is 0 Å². The summed E-state index contributed by atoms with van der Waals surface area (Å²) in [5.41, 5.74) is 3.89. The Morgan fingerprint density at radius 2 is 1.48 bits per heavy atom. The van der Waals surface area contributed by atoms with Gasteiger partial charge in [0.2, 0.25) is 0 Å². The molecule has 31 heavy (non-hydrogen) atoms. The van der Waals surface area contributed by atoms with Crippen molar-refractivity contribution in [3.8, 4) is 5.75 Å². The molecule has 0 radical (unpaired) electrons. The predicted molar refractivity (Wildman–Crippen MR) is 121 cm³/mol. The molecule has 0 saturated carbocycles. The number of para-hydroxylation sites is 1. The topological polar surface area (TPSA) is 50.8 Å². The van der Waals surface area contributed by atoms with Crippen LogP contribution in [0.4, 0.5) is 0 Å². The van der Waals surface area contributed by atoms with E-state index in [1.54, 1.807) is 0 Å². The average Bonchev–Trinajstić information content (AvgIpc) is 2.83. The molecule has 160 valence electrons. The van der Waals surface area contributed by atoms with Crippen LogP contribution in [-0.2, 0) is 24.4 Å². The third-order valence-electron chi connectivity index (χ3n) is 5.45. The van der Waals surface area contributed by atoms with Gasteiger partial charge in [-0.25, -0.2) is 0 Å². The number of hydrogen-bond donors (Lipinski definition) is 1. The highest BCUT2D eigenvalue weighted by molar-refractivity contribution is 5.95. The largest absolute Gasteiger partial charge is 0.489 e. The molecule has 1 amide bonds. The number of nitrogens with one attached hydrogen (secondary N) is 1. The Bertz CT molecular complexity index is 985. The molecule has 0 atom stereocenters. The number of carbonyl (C=O) groups is 1. The molecular formula is C26H28N2O3. The van der Waals surface area contributed by atoms with Crippen molar-refractivity contribution in [3.05, 3.63) is 101 Å². The quantitative estimate of drug-likeness (QED) is 0.602. The van der Waals surface area contributed by atoms with Crippen LogP contribution in [0.5, 0.6) is 5.75 Å². The van der Waals surface area contributed by atoms with E-state index in [-0.39, 0.29) is 5.91 Å². The second kappa shape index (κ2) is 10.8. The van der Waals surface area contributed by atoms with Gasteiger partial charge in [-0.1, -0.05) is 60.7 Å². The van der Waals surface area contributed by atoms with Crippen molar-refractivity contribution in [3.63, 3.8) is 0 Å². The number of amides is 1. The second-order valence-corrected chi connectivity index (χ2v) is 7.60. The zero-order chi connectivity index (χ0) is 21.3. The number of morpholine rings is 1. The highest BCUT2D eigenvalue weighted by Gasteiger charge is 2.15. The first kappa shape index (κ1) is 21.1. The number of ether oxygens (including phenoxy) is 2. The maximum Gasteiger partial charge on any atom is 0.251 e. The van der Waals surface area contributed by atoms with E-state index in [0.717, 1.165) is 49.7 Å². The minimum absolute atomic E-state index is 0.0894. The van der Waals surface area contributed by atoms with E-state index in [4.69, 9.17) is 9.47 Å². The molecule has 3 aromatic carbocycles. The molecule has 0 aliphatic carbocycles. The molecule has 0 aromatic heterocycles. The zero-order valence-electron chi connectivity index (χ0n) is 17.6. The van der Waals surface area contributed by atoms with Crippen molar-refractivity contribution in [2.75, 3.05) is 26.3 Å². The predicted octanol–water partition coefficient (Wildman–Crippen LogP) is 4.03. The highest BCUT2D eigenvalue weighted by atomic mass is 16.5. The molecule has 1 aliphatic heterocycles. The molecule has 1 fully saturated rings. The van der Waals surface area contributed by atoms with Crippen molar-refractivity contribution >= 4 is 5.91 Å². The summed E-state index contributed by atoms with van der Waals surface area (Å²) in [4.78, 5) is 15.3. The molecule has 1 heterocycles. The number of rotatable bonds is 8. The summed E-state index contributed by atoms with van der Waals surface area (Å²) in [6.45, 7) is 5.15. The Kier molecular flexibility index (Phi) is 7.32. The fourth-order valence-electron chi connectivity index (χ4n) is 3.70. The molecule has 4 rings (SSSR count). The van der Waals surface area contributed by atoms with E-state index in [1.807, 2.05) is 60.7 Å². The van der Waals surface area contributed by atoms with Crippen molar-refractivity contribution in [2.45, 2.75) is 19.7 Å². The highest BCUT2D eigenvalue weighted by Crippen LogP contribution is 2.16. The van der Waals surface area contributed by atoms with Crippen LogP contribution in [0.2, 0.25) is 0 Å². The molecule has 1 saturated heterocycles. The number of benzene rings is 3. The first-order chi connectivity index (χ1) is 15.3. The van der Waals surface area contributed by atoms with E-state index >= 15 is 0 Å². The summed E-state index contributed by atoms with van der Waals surface area (Å²) >= 11 is 0. The van der Waals surface area contributed by atoms with Gasteiger partial charge in [-0.2, -0.15) is 0 Å². The number of carbonyl (C=O) groups excluding carboxylic acids is 1. The van der Waals surface area contributed by atoms with Crippen LogP contribution in [0.3, 0.4) is 0 Å². The van der Waals surface area contributed by atoms with E-state index in [2.05, 4.69) is 28.4 Å². The summed E-state index contributed by atoms with van der Waals surface area (Å²) in [7, 11) is 0. The molecule has 5 nitrogen and oxygen atoms in total. The average molecular weight is 417 g/mol. The van der Waals surface area contributed by atoms with Gasteiger partial charge < -0.3 is 14.8 Å². The molecular weight excluding hydrogens is 388 g/mol. The molecule has 5 heteroatoms. The molecule has 3 aromatic rings. The van der Waals surface area contributed by atoms with Gasteiger partial charge in [0.25, 0.3) is 5.91 Å². The second-order valence-electron chi connectivity index (χ2n) is 7.60. The zero-order valence-corrected chi connectivity index (χ0v) is 17.6. The first-order valence-corrected chi connectivity index (χ1v) is 10.7. The minimum Gasteiger partial charge on any atom is -0.489 e. The van der Waals surface area contributed by atoms with Crippen LogP contribution < -0.4 is 10.1 Å². The monoisotopic (exact) mass is 416 g/mol. The Morgan fingerprint density at radius 3 is 2.26 bits per heavy atom. The smallest absolute Gasteiger partial charge is 0.251 e. The summed E-state index contributed by atoms with van der Waals surface area (Å²) in [6, 6.07) is 25.5. The lowest BCUT2D eigenvalue weighted by atomic mass is 10.1. The molecule has 1 N–H and O–H groups in total. The lowest BCUT2D eigenvalue weighted by molar-refractivity contribution is 0.0340. The van der Waals surface area contributed by atoms with E-state index in [1.165, 1.54) is 5.56 Å². The van der Waals surface area contributed by atoms with Gasteiger partial charge >= 0.3 is 0 Å². The molecule has 0 spiro atoms. The maximum absolute atomic E-state index is 13.0. The van der Waals surface area contributed by atoms with E-state index in [9.17, 15) is 4.79 Å². The maximum atomic E-state index is 13.0. The molecule has 0 bridgehead atoms. The minimum atomic E-state index is -0.0894. The fourth-order valence-corrected chi connectivity index (χ4v) is 3.70. The number of hydrogen-bond acceptors (Lipinski definition) is 4. The van der Waals surface area contributed by atoms with Crippen LogP contribution in [-0.4, -0.2) is 37.1 Å². The van der Waals surface area contributed by atoms with Gasteiger partial charge in [0.15, 0.2) is 0 Å². The molecule has 1 aliphatic rings. The van der Waals surface area contributed by atoms with Crippen LogP contribution in [0.25, 0.3) is 0 Å². The summed E-state index contributed by atoms with van der Waals surface area (Å²) in [5.74, 6) is 0.697. The van der Waals surface area contributed by atoms with E-state index < -0.39 is 0 Å². The van der Waals surface area contributed by atoms with Crippen molar-refractivity contribution in [1.29, 1.82) is 0 Å². The first-order valence-electron chi connectivity index (χ1n) is 10.7. The Morgan fingerprint density at radius 1 is 0.839 bits per heavy atom. The Balaban J connectivity index is 1.39. The SMILES string of the molecule is O=C(NCc1ccccc1CN1CCOCC1)c1ccccc1COc1ccccc1. The van der Waals surface area contributed by atoms with Crippen molar-refractivity contribution in [2.24, 2.45) is 0 Å². The third kappa shape index (κ3) is 5.94. The van der Waals surface area contributed by atoms with Crippen LogP contribution in [0.15, 0.2) is 78.9 Å². The van der Waals surface area contributed by atoms with Gasteiger partial charge in [0.1, 0.15) is 12.4 Å². The van der Waals surface area contributed by atoms with Crippen molar-refractivity contribution < 1.29 is 14.3 Å². The van der Waals surface area contributed by atoms with Gasteiger partial charge in [-0.15, -0.1) is 0 Å². The van der Waals surface area contributed by atoms with Gasteiger partial charge in [0.05, 0.1) is 13.2 Å². The van der Waals surface area contributed by atoms with Crippen LogP contribution >= 0.6 is 0 Å². The van der Waals surface area contributed by atoms with E-state index in [0.29, 0.717) is 18.7 Å². The Hall–Kier alpha value is -3.15. The lowest BCUT2D eigenvalue weighted by Crippen LogP contribution is -2.36.